The van der Waals surface area contributed by atoms with E-state index < -0.39 is 23.3 Å². The minimum Gasteiger partial charge on any atom is -0.481 e. The molecule has 12 heteroatoms. The van der Waals surface area contributed by atoms with E-state index in [4.69, 9.17) is 28.4 Å². The van der Waals surface area contributed by atoms with E-state index in [1.54, 1.807) is 26.0 Å². The molecule has 318 valence electrons. The largest absolute Gasteiger partial charge is 0.481 e. The number of rotatable bonds is 22. The van der Waals surface area contributed by atoms with Crippen molar-refractivity contribution in [1.82, 2.24) is 0 Å². The number of carbonyl (C=O) groups is 6. The molecule has 0 spiro atoms. The Morgan fingerprint density at radius 2 is 0.967 bits per heavy atom. The molecular formula is C48H54O12. The SMILES string of the molecule is CCCCC(c1ccc(C(CCC)(c2cc(C)c(OCC(=O)OC)c(C=O)c2)c2cc(C)c(OCC(=O)OC)c(C=O)c2)cc1)c1cc(C)c(OCC(=O)OC)c(C=O)c1. The zero-order valence-electron chi connectivity index (χ0n) is 35.6. The van der Waals surface area contributed by atoms with Crippen molar-refractivity contribution < 1.29 is 57.2 Å². The van der Waals surface area contributed by atoms with E-state index in [1.807, 2.05) is 31.2 Å². The van der Waals surface area contributed by atoms with Gasteiger partial charge in [0.25, 0.3) is 0 Å². The number of hydrogen-bond donors (Lipinski definition) is 0. The average molecular weight is 823 g/mol. The van der Waals surface area contributed by atoms with Gasteiger partial charge < -0.3 is 28.4 Å². The highest BCUT2D eigenvalue weighted by molar-refractivity contribution is 5.84. The molecule has 0 aromatic heterocycles. The van der Waals surface area contributed by atoms with Crippen molar-refractivity contribution in [2.24, 2.45) is 0 Å². The molecule has 0 aliphatic carbocycles. The fraction of sp³-hybridized carbons (Fsp3) is 0.375. The fourth-order valence-corrected chi connectivity index (χ4v) is 7.79. The monoisotopic (exact) mass is 822 g/mol. The van der Waals surface area contributed by atoms with E-state index in [0.29, 0.717) is 53.4 Å². The maximum absolute atomic E-state index is 12.7. The number of unbranched alkanes of at least 4 members (excludes halogenated alkanes) is 1. The second-order valence-corrected chi connectivity index (χ2v) is 14.6. The number of ether oxygens (including phenoxy) is 6. The topological polar surface area (TPSA) is 158 Å². The Bertz CT molecular complexity index is 2110. The van der Waals surface area contributed by atoms with Gasteiger partial charge in [0.1, 0.15) is 17.2 Å². The number of aldehydes is 3. The van der Waals surface area contributed by atoms with Crippen LogP contribution < -0.4 is 14.2 Å². The summed E-state index contributed by atoms with van der Waals surface area (Å²) in [6.45, 7) is 8.51. The third kappa shape index (κ3) is 10.5. The molecule has 0 N–H and O–H groups in total. The number of esters is 3. The first-order valence-corrected chi connectivity index (χ1v) is 19.9. The number of carbonyl (C=O) groups excluding carboxylic acids is 6. The van der Waals surface area contributed by atoms with Crippen LogP contribution >= 0.6 is 0 Å². The predicted octanol–water partition coefficient (Wildman–Crippen LogP) is 8.16. The Morgan fingerprint density at radius 1 is 0.550 bits per heavy atom. The van der Waals surface area contributed by atoms with Gasteiger partial charge in [-0.3, -0.25) is 14.4 Å². The second kappa shape index (κ2) is 21.6. The normalized spacial score (nSPS) is 11.5. The van der Waals surface area contributed by atoms with Gasteiger partial charge in [-0.1, -0.05) is 75.6 Å². The summed E-state index contributed by atoms with van der Waals surface area (Å²) in [5.41, 5.74) is 6.07. The van der Waals surface area contributed by atoms with Gasteiger partial charge in [-0.25, -0.2) is 14.4 Å². The Kier molecular flexibility index (Phi) is 16.7. The zero-order valence-corrected chi connectivity index (χ0v) is 35.6. The van der Waals surface area contributed by atoms with Crippen LogP contribution in [0.25, 0.3) is 0 Å². The molecule has 1 atom stereocenters. The smallest absolute Gasteiger partial charge is 0.343 e. The Labute approximate surface area is 351 Å². The number of aryl methyl sites for hydroxylation is 3. The zero-order chi connectivity index (χ0) is 44.0. The van der Waals surface area contributed by atoms with E-state index in [2.05, 4.69) is 38.1 Å². The van der Waals surface area contributed by atoms with E-state index in [-0.39, 0.29) is 48.4 Å². The second-order valence-electron chi connectivity index (χ2n) is 14.6. The van der Waals surface area contributed by atoms with Crippen LogP contribution in [0.4, 0.5) is 0 Å². The van der Waals surface area contributed by atoms with E-state index in [0.717, 1.165) is 53.4 Å². The first-order valence-electron chi connectivity index (χ1n) is 19.9. The highest BCUT2D eigenvalue weighted by Gasteiger charge is 2.38. The lowest BCUT2D eigenvalue weighted by atomic mass is 9.65. The first-order chi connectivity index (χ1) is 28.8. The van der Waals surface area contributed by atoms with Crippen LogP contribution in [0.1, 0.15) is 127 Å². The van der Waals surface area contributed by atoms with E-state index in [1.165, 1.54) is 21.3 Å². The predicted molar refractivity (Wildman–Crippen MR) is 225 cm³/mol. The van der Waals surface area contributed by atoms with Gasteiger partial charge in [-0.15, -0.1) is 0 Å². The quantitative estimate of drug-likeness (QED) is 0.0325. The van der Waals surface area contributed by atoms with Crippen molar-refractivity contribution >= 4 is 36.8 Å². The van der Waals surface area contributed by atoms with Gasteiger partial charge in [0.2, 0.25) is 0 Å². The summed E-state index contributed by atoms with van der Waals surface area (Å²) >= 11 is 0. The van der Waals surface area contributed by atoms with Crippen molar-refractivity contribution in [2.75, 3.05) is 41.2 Å². The van der Waals surface area contributed by atoms with Gasteiger partial charge in [-0.05, 0) is 96.3 Å². The van der Waals surface area contributed by atoms with Crippen LogP contribution in [0.3, 0.4) is 0 Å². The number of benzene rings is 4. The van der Waals surface area contributed by atoms with Crippen LogP contribution in [0.15, 0.2) is 60.7 Å². The lowest BCUT2D eigenvalue weighted by molar-refractivity contribution is -0.143. The molecule has 1 unspecified atom stereocenters. The fourth-order valence-electron chi connectivity index (χ4n) is 7.79. The van der Waals surface area contributed by atoms with Gasteiger partial charge in [0, 0.05) is 11.3 Å². The molecule has 60 heavy (non-hydrogen) atoms. The maximum atomic E-state index is 12.7. The first kappa shape index (κ1) is 46.4. The minimum absolute atomic E-state index is 0.100. The van der Waals surface area contributed by atoms with Crippen LogP contribution in [0, 0.1) is 20.8 Å². The Morgan fingerprint density at radius 3 is 1.35 bits per heavy atom. The summed E-state index contributed by atoms with van der Waals surface area (Å²) < 4.78 is 31.5. The Balaban J connectivity index is 1.98. The van der Waals surface area contributed by atoms with Crippen molar-refractivity contribution in [3.05, 3.63) is 122 Å². The van der Waals surface area contributed by atoms with Crippen molar-refractivity contribution in [1.29, 1.82) is 0 Å². The molecule has 0 saturated carbocycles. The molecule has 0 amide bonds. The van der Waals surface area contributed by atoms with Crippen molar-refractivity contribution in [3.63, 3.8) is 0 Å². The minimum atomic E-state index is -0.946. The van der Waals surface area contributed by atoms with Crippen LogP contribution in [-0.2, 0) is 34.0 Å². The number of hydrogen-bond acceptors (Lipinski definition) is 12. The van der Waals surface area contributed by atoms with E-state index >= 15 is 0 Å². The highest BCUT2D eigenvalue weighted by atomic mass is 16.6. The lowest BCUT2D eigenvalue weighted by Gasteiger charge is -2.37. The summed E-state index contributed by atoms with van der Waals surface area (Å²) in [5.74, 6) is -1.03. The molecule has 0 aliphatic heterocycles. The molecule has 4 aromatic rings. The summed E-state index contributed by atoms with van der Waals surface area (Å²) in [6, 6.07) is 19.4. The van der Waals surface area contributed by atoms with Crippen LogP contribution in [-0.4, -0.2) is 77.9 Å². The summed E-state index contributed by atoms with van der Waals surface area (Å²) in [6.07, 6.45) is 5.99. The van der Waals surface area contributed by atoms with Gasteiger partial charge in [-0.2, -0.15) is 0 Å². The van der Waals surface area contributed by atoms with Crippen molar-refractivity contribution in [2.45, 2.75) is 78.1 Å². The maximum Gasteiger partial charge on any atom is 0.343 e. The molecule has 4 aromatic carbocycles. The van der Waals surface area contributed by atoms with Crippen LogP contribution in [0.2, 0.25) is 0 Å². The third-order valence-corrected chi connectivity index (χ3v) is 10.7. The van der Waals surface area contributed by atoms with E-state index in [9.17, 15) is 28.8 Å². The molecule has 0 heterocycles. The Hall–Kier alpha value is -6.30. The summed E-state index contributed by atoms with van der Waals surface area (Å²) in [7, 11) is 3.78. The third-order valence-electron chi connectivity index (χ3n) is 10.7. The van der Waals surface area contributed by atoms with Crippen molar-refractivity contribution in [3.8, 4) is 17.2 Å². The van der Waals surface area contributed by atoms with Gasteiger partial charge in [0.05, 0.1) is 38.0 Å². The average Bonchev–Trinajstić information content (AvgIpc) is 3.26. The molecule has 12 nitrogen and oxygen atoms in total. The lowest BCUT2D eigenvalue weighted by Crippen LogP contribution is -2.30. The van der Waals surface area contributed by atoms with Gasteiger partial charge >= 0.3 is 17.9 Å². The molecule has 0 radical (unpaired) electrons. The molecular weight excluding hydrogens is 769 g/mol. The van der Waals surface area contributed by atoms with Gasteiger partial charge in [0.15, 0.2) is 38.7 Å². The molecule has 0 aliphatic rings. The molecule has 4 rings (SSSR count). The van der Waals surface area contributed by atoms with Crippen LogP contribution in [0.5, 0.6) is 17.2 Å². The summed E-state index contributed by atoms with van der Waals surface area (Å²) in [5, 5.41) is 0. The molecule has 0 saturated heterocycles. The number of methoxy groups -OCH3 is 3. The standard InChI is InChI=1S/C48H54O12/c1-9-11-12-41(34-18-30(3)45(35(21-34)24-49)58-27-42(52)55-6)33-13-15-38(16-14-33)48(17-10-2,39-19-31(4)46(36(22-39)25-50)59-28-43(53)56-7)40-20-32(5)47(37(23-40)26-51)60-29-44(54)57-8/h13-16,18-26,41H,9-12,17,27-29H2,1-8H3. The summed E-state index contributed by atoms with van der Waals surface area (Å²) in [4.78, 5) is 73.6. The molecule has 0 bridgehead atoms. The molecule has 0 fully saturated rings. The highest BCUT2D eigenvalue weighted by Crippen LogP contribution is 2.47.